The van der Waals surface area contributed by atoms with Crippen LogP contribution < -0.4 is 0 Å². The quantitative estimate of drug-likeness (QED) is 0.685. The lowest BCUT2D eigenvalue weighted by Crippen LogP contribution is -2.47. The number of nitrogens with zero attached hydrogens (tertiary/aromatic N) is 3. The Labute approximate surface area is 111 Å². The molecule has 1 aliphatic heterocycles. The summed E-state index contributed by atoms with van der Waals surface area (Å²) in [6.45, 7) is 0.386. The highest BCUT2D eigenvalue weighted by Gasteiger charge is 2.27. The Hall–Kier alpha value is -2.23. The van der Waals surface area contributed by atoms with Crippen molar-refractivity contribution in [3.8, 4) is 12.3 Å². The van der Waals surface area contributed by atoms with Gasteiger partial charge in [-0.05, 0) is 6.42 Å². The van der Waals surface area contributed by atoms with Crippen molar-refractivity contribution in [2.75, 3.05) is 39.8 Å². The molecule has 0 radical (unpaired) electrons. The van der Waals surface area contributed by atoms with E-state index >= 15 is 0 Å². The molecule has 19 heavy (non-hydrogen) atoms. The standard InChI is InChI=1S/C12H17N3O4/c1-3-5-14(9-11(17)18)12(19)15-7-4-6-13(2)10(16)8-15/h1H,4-9H2,2H3,(H,17,18). The van der Waals surface area contributed by atoms with Gasteiger partial charge in [0.2, 0.25) is 5.91 Å². The Morgan fingerprint density at radius 3 is 2.74 bits per heavy atom. The van der Waals surface area contributed by atoms with Crippen molar-refractivity contribution in [1.82, 2.24) is 14.7 Å². The molecule has 0 bridgehead atoms. The fraction of sp³-hybridized carbons (Fsp3) is 0.583. The minimum absolute atomic E-state index is 0.0456. The number of likely N-dealkylation sites (N-methyl/N-ethyl adjacent to an activating group) is 1. The molecule has 1 aliphatic rings. The molecular formula is C12H17N3O4. The number of hydrogen-bond acceptors (Lipinski definition) is 3. The van der Waals surface area contributed by atoms with Gasteiger partial charge in [0.1, 0.15) is 13.1 Å². The maximum Gasteiger partial charge on any atom is 0.323 e. The molecule has 7 heteroatoms. The van der Waals surface area contributed by atoms with E-state index < -0.39 is 18.5 Å². The van der Waals surface area contributed by atoms with Crippen molar-refractivity contribution >= 4 is 17.9 Å². The molecule has 0 atom stereocenters. The monoisotopic (exact) mass is 267 g/mol. The number of carbonyl (C=O) groups is 3. The Balaban J connectivity index is 2.75. The highest BCUT2D eigenvalue weighted by atomic mass is 16.4. The third-order valence-corrected chi connectivity index (χ3v) is 2.82. The summed E-state index contributed by atoms with van der Waals surface area (Å²) in [7, 11) is 1.67. The van der Waals surface area contributed by atoms with E-state index in [0.717, 1.165) is 4.90 Å². The summed E-state index contributed by atoms with van der Waals surface area (Å²) in [5.41, 5.74) is 0. The van der Waals surface area contributed by atoms with Crippen LogP contribution in [0.25, 0.3) is 0 Å². The molecule has 0 aromatic rings. The zero-order valence-electron chi connectivity index (χ0n) is 10.8. The summed E-state index contributed by atoms with van der Waals surface area (Å²) in [4.78, 5) is 38.5. The second-order valence-electron chi connectivity index (χ2n) is 4.33. The molecule has 104 valence electrons. The van der Waals surface area contributed by atoms with Crippen molar-refractivity contribution in [3.63, 3.8) is 0 Å². The first-order valence-electron chi connectivity index (χ1n) is 5.88. The minimum atomic E-state index is -1.14. The Morgan fingerprint density at radius 1 is 1.47 bits per heavy atom. The average Bonchev–Trinajstić information content (AvgIpc) is 2.50. The van der Waals surface area contributed by atoms with Crippen molar-refractivity contribution in [2.24, 2.45) is 0 Å². The van der Waals surface area contributed by atoms with Gasteiger partial charge in [0.05, 0.1) is 6.54 Å². The van der Waals surface area contributed by atoms with E-state index in [1.165, 1.54) is 4.90 Å². The molecule has 1 fully saturated rings. The summed E-state index contributed by atoms with van der Waals surface area (Å²) in [6, 6.07) is -0.510. The van der Waals surface area contributed by atoms with Crippen LogP contribution >= 0.6 is 0 Å². The van der Waals surface area contributed by atoms with Crippen LogP contribution in [0, 0.1) is 12.3 Å². The second-order valence-corrected chi connectivity index (χ2v) is 4.33. The van der Waals surface area contributed by atoms with Gasteiger partial charge in [-0.1, -0.05) is 5.92 Å². The van der Waals surface area contributed by atoms with Crippen molar-refractivity contribution in [3.05, 3.63) is 0 Å². The van der Waals surface area contributed by atoms with Gasteiger partial charge >= 0.3 is 12.0 Å². The lowest BCUT2D eigenvalue weighted by Gasteiger charge is -2.26. The van der Waals surface area contributed by atoms with Crippen LogP contribution in [0.5, 0.6) is 0 Å². The van der Waals surface area contributed by atoms with Crippen LogP contribution in [0.2, 0.25) is 0 Å². The number of carbonyl (C=O) groups excluding carboxylic acids is 2. The summed E-state index contributed by atoms with van der Waals surface area (Å²) < 4.78 is 0. The summed E-state index contributed by atoms with van der Waals surface area (Å²) in [5, 5.41) is 8.75. The molecule has 0 aliphatic carbocycles. The Morgan fingerprint density at radius 2 is 2.16 bits per heavy atom. The van der Waals surface area contributed by atoms with Gasteiger partial charge in [0.25, 0.3) is 0 Å². The van der Waals surface area contributed by atoms with E-state index in [1.54, 1.807) is 11.9 Å². The molecule has 0 aromatic heterocycles. The number of hydrogen-bond donors (Lipinski definition) is 1. The van der Waals surface area contributed by atoms with E-state index in [2.05, 4.69) is 5.92 Å². The number of urea groups is 1. The van der Waals surface area contributed by atoms with E-state index in [1.807, 2.05) is 0 Å². The molecule has 0 spiro atoms. The first-order chi connectivity index (χ1) is 8.95. The van der Waals surface area contributed by atoms with Gasteiger partial charge < -0.3 is 19.8 Å². The molecular weight excluding hydrogens is 250 g/mol. The van der Waals surface area contributed by atoms with Crippen LogP contribution in [0.1, 0.15) is 6.42 Å². The maximum absolute atomic E-state index is 12.2. The molecule has 1 N–H and O–H groups in total. The zero-order chi connectivity index (χ0) is 14.4. The van der Waals surface area contributed by atoms with E-state index in [0.29, 0.717) is 19.5 Å². The minimum Gasteiger partial charge on any atom is -0.480 e. The van der Waals surface area contributed by atoms with Gasteiger partial charge in [-0.2, -0.15) is 0 Å². The van der Waals surface area contributed by atoms with E-state index in [-0.39, 0.29) is 19.0 Å². The normalized spacial score (nSPS) is 15.7. The maximum atomic E-state index is 12.2. The third kappa shape index (κ3) is 4.17. The lowest BCUT2D eigenvalue weighted by molar-refractivity contribution is -0.137. The summed E-state index contributed by atoms with van der Waals surface area (Å²) >= 11 is 0. The van der Waals surface area contributed by atoms with Gasteiger partial charge in [-0.25, -0.2) is 4.79 Å². The zero-order valence-corrected chi connectivity index (χ0v) is 10.8. The van der Waals surface area contributed by atoms with Gasteiger partial charge in [-0.3, -0.25) is 9.59 Å². The second kappa shape index (κ2) is 6.64. The predicted octanol–water partition coefficient (Wildman–Crippen LogP) is -0.710. The topological polar surface area (TPSA) is 81.2 Å². The van der Waals surface area contributed by atoms with Gasteiger partial charge in [0, 0.05) is 20.1 Å². The first-order valence-corrected chi connectivity index (χ1v) is 5.88. The number of rotatable bonds is 3. The average molecular weight is 267 g/mol. The highest BCUT2D eigenvalue weighted by Crippen LogP contribution is 2.06. The number of aliphatic carboxylic acids is 1. The molecule has 3 amide bonds. The van der Waals surface area contributed by atoms with E-state index in [4.69, 9.17) is 11.5 Å². The first kappa shape index (κ1) is 14.8. The third-order valence-electron chi connectivity index (χ3n) is 2.82. The fourth-order valence-electron chi connectivity index (χ4n) is 1.81. The fourth-order valence-corrected chi connectivity index (χ4v) is 1.81. The highest BCUT2D eigenvalue weighted by molar-refractivity contribution is 5.86. The van der Waals surface area contributed by atoms with Crippen LogP contribution in [0.3, 0.4) is 0 Å². The molecule has 0 saturated carbocycles. The molecule has 0 unspecified atom stereocenters. The number of amides is 3. The molecule has 1 rings (SSSR count). The van der Waals surface area contributed by atoms with Crippen LogP contribution in [-0.2, 0) is 9.59 Å². The largest absolute Gasteiger partial charge is 0.480 e. The predicted molar refractivity (Wildman–Crippen MR) is 67.3 cm³/mol. The van der Waals surface area contributed by atoms with Crippen molar-refractivity contribution in [1.29, 1.82) is 0 Å². The van der Waals surface area contributed by atoms with Gasteiger partial charge in [0.15, 0.2) is 0 Å². The van der Waals surface area contributed by atoms with Crippen molar-refractivity contribution in [2.45, 2.75) is 6.42 Å². The van der Waals surface area contributed by atoms with Crippen LogP contribution in [0.15, 0.2) is 0 Å². The Kier molecular flexibility index (Phi) is 5.18. The van der Waals surface area contributed by atoms with Gasteiger partial charge in [-0.15, -0.1) is 6.42 Å². The smallest absolute Gasteiger partial charge is 0.323 e. The van der Waals surface area contributed by atoms with Crippen LogP contribution in [0.4, 0.5) is 4.79 Å². The Bertz CT molecular complexity index is 416. The lowest BCUT2D eigenvalue weighted by atomic mass is 10.4. The summed E-state index contributed by atoms with van der Waals surface area (Å²) in [6.07, 6.45) is 5.78. The number of carboxylic acid groups (broad SMARTS) is 1. The summed E-state index contributed by atoms with van der Waals surface area (Å²) in [5.74, 6) is 0.946. The van der Waals surface area contributed by atoms with Crippen LogP contribution in [-0.4, -0.2) is 77.5 Å². The molecule has 1 saturated heterocycles. The number of terminal acetylenes is 1. The molecule has 7 nitrogen and oxygen atoms in total. The molecule has 0 aromatic carbocycles. The molecule has 1 heterocycles. The van der Waals surface area contributed by atoms with E-state index in [9.17, 15) is 14.4 Å². The van der Waals surface area contributed by atoms with Crippen molar-refractivity contribution < 1.29 is 19.5 Å². The SMILES string of the molecule is C#CCN(CC(=O)O)C(=O)N1CCCN(C)C(=O)C1. The number of carboxylic acids is 1.